The van der Waals surface area contributed by atoms with Crippen LogP contribution in [0.4, 0.5) is 0 Å². The number of nitrogens with one attached hydrogen (secondary N) is 1. The van der Waals surface area contributed by atoms with Crippen molar-refractivity contribution in [3.05, 3.63) is 35.9 Å². The van der Waals surface area contributed by atoms with Gasteiger partial charge in [-0.3, -0.25) is 14.4 Å². The van der Waals surface area contributed by atoms with Gasteiger partial charge in [0.2, 0.25) is 5.91 Å². The number of benzene rings is 1. The zero-order valence-corrected chi connectivity index (χ0v) is 13.4. The van der Waals surface area contributed by atoms with Crippen LogP contribution in [0.15, 0.2) is 30.3 Å². The highest BCUT2D eigenvalue weighted by atomic mass is 16.5. The van der Waals surface area contributed by atoms with E-state index >= 15 is 0 Å². The highest BCUT2D eigenvalue weighted by Crippen LogP contribution is 2.13. The molecule has 1 aliphatic rings. The minimum absolute atomic E-state index is 0.0986. The lowest BCUT2D eigenvalue weighted by molar-refractivity contribution is -0.146. The van der Waals surface area contributed by atoms with E-state index in [1.54, 1.807) is 29.2 Å². The van der Waals surface area contributed by atoms with Crippen molar-refractivity contribution >= 4 is 17.8 Å². The molecule has 1 saturated heterocycles. The lowest BCUT2D eigenvalue weighted by Gasteiger charge is -2.35. The molecule has 2 rings (SSSR count). The molecular weight excluding hydrogens is 312 g/mol. The first-order valence-electron chi connectivity index (χ1n) is 8.00. The van der Waals surface area contributed by atoms with Gasteiger partial charge in [-0.05, 0) is 18.6 Å². The number of carboxylic acid groups (broad SMARTS) is 1. The number of aliphatic carboxylic acids is 1. The van der Waals surface area contributed by atoms with Crippen molar-refractivity contribution in [1.82, 2.24) is 10.2 Å². The highest BCUT2D eigenvalue weighted by molar-refractivity contribution is 5.94. The first-order chi connectivity index (χ1) is 11.6. The molecule has 1 aliphatic heterocycles. The number of carbonyl (C=O) groups excluding carboxylic acids is 2. The van der Waals surface area contributed by atoms with E-state index in [-0.39, 0.29) is 31.3 Å². The quantitative estimate of drug-likeness (QED) is 0.722. The van der Waals surface area contributed by atoms with Gasteiger partial charge in [-0.2, -0.15) is 0 Å². The molecule has 1 aromatic rings. The van der Waals surface area contributed by atoms with E-state index in [1.165, 1.54) is 0 Å². The van der Waals surface area contributed by atoms with Crippen molar-refractivity contribution < 1.29 is 24.2 Å². The normalized spacial score (nSPS) is 17.3. The summed E-state index contributed by atoms with van der Waals surface area (Å²) in [5, 5.41) is 11.7. The Labute approximate surface area is 140 Å². The van der Waals surface area contributed by atoms with Crippen molar-refractivity contribution in [2.75, 3.05) is 26.3 Å². The number of rotatable bonds is 7. The highest BCUT2D eigenvalue weighted by Gasteiger charge is 2.28. The maximum absolute atomic E-state index is 12.3. The van der Waals surface area contributed by atoms with Gasteiger partial charge in [0.25, 0.3) is 5.91 Å². The first-order valence-corrected chi connectivity index (χ1v) is 8.00. The third-order valence-electron chi connectivity index (χ3n) is 3.85. The molecule has 0 aromatic heterocycles. The van der Waals surface area contributed by atoms with E-state index in [0.717, 1.165) is 0 Å². The summed E-state index contributed by atoms with van der Waals surface area (Å²) >= 11 is 0. The molecule has 1 atom stereocenters. The number of carboxylic acids is 1. The Kier molecular flexibility index (Phi) is 6.74. The Morgan fingerprint density at radius 3 is 2.71 bits per heavy atom. The number of carbonyl (C=O) groups is 3. The van der Waals surface area contributed by atoms with Crippen molar-refractivity contribution in [1.29, 1.82) is 0 Å². The van der Waals surface area contributed by atoms with Crippen molar-refractivity contribution in [2.45, 2.75) is 25.3 Å². The average Bonchev–Trinajstić information content (AvgIpc) is 2.59. The van der Waals surface area contributed by atoms with E-state index in [0.29, 0.717) is 31.7 Å². The van der Waals surface area contributed by atoms with Gasteiger partial charge in [0, 0.05) is 25.1 Å². The van der Waals surface area contributed by atoms with E-state index in [4.69, 9.17) is 9.84 Å². The molecule has 0 saturated carbocycles. The zero-order chi connectivity index (χ0) is 17.4. The molecule has 0 bridgehead atoms. The number of hydrogen-bond acceptors (Lipinski definition) is 4. The summed E-state index contributed by atoms with van der Waals surface area (Å²) in [6, 6.07) is 8.46. The van der Waals surface area contributed by atoms with Crippen LogP contribution in [0.25, 0.3) is 0 Å². The summed E-state index contributed by atoms with van der Waals surface area (Å²) in [6.07, 6.45) is 0.663. The van der Waals surface area contributed by atoms with Gasteiger partial charge in [0.1, 0.15) is 0 Å². The average molecular weight is 334 g/mol. The van der Waals surface area contributed by atoms with Crippen molar-refractivity contribution in [2.24, 2.45) is 0 Å². The summed E-state index contributed by atoms with van der Waals surface area (Å²) in [5.74, 6) is -1.21. The number of ether oxygens (including phenoxy) is 1. The molecule has 1 fully saturated rings. The molecule has 0 radical (unpaired) electrons. The fourth-order valence-electron chi connectivity index (χ4n) is 2.63. The van der Waals surface area contributed by atoms with Crippen LogP contribution in [0.3, 0.4) is 0 Å². The molecule has 7 nitrogen and oxygen atoms in total. The Balaban J connectivity index is 1.74. The number of hydrogen-bond donors (Lipinski definition) is 2. The number of morpholine rings is 1. The Hall–Kier alpha value is -2.41. The third kappa shape index (κ3) is 5.34. The summed E-state index contributed by atoms with van der Waals surface area (Å²) < 4.78 is 5.26. The summed E-state index contributed by atoms with van der Waals surface area (Å²) in [7, 11) is 0. The molecule has 2 amide bonds. The predicted molar refractivity (Wildman–Crippen MR) is 86.6 cm³/mol. The first kappa shape index (κ1) is 17.9. The molecule has 0 aliphatic carbocycles. The fraction of sp³-hybridized carbons (Fsp3) is 0.471. The van der Waals surface area contributed by atoms with Gasteiger partial charge in [-0.15, -0.1) is 0 Å². The summed E-state index contributed by atoms with van der Waals surface area (Å²) in [5.41, 5.74) is 0.582. The van der Waals surface area contributed by atoms with Crippen LogP contribution >= 0.6 is 0 Å². The molecule has 1 unspecified atom stereocenters. The van der Waals surface area contributed by atoms with Crippen LogP contribution in [-0.2, 0) is 14.3 Å². The molecule has 2 N–H and O–H groups in total. The second-order valence-electron chi connectivity index (χ2n) is 5.64. The van der Waals surface area contributed by atoms with E-state index in [9.17, 15) is 14.4 Å². The van der Waals surface area contributed by atoms with Gasteiger partial charge in [-0.1, -0.05) is 18.2 Å². The predicted octanol–water partition coefficient (Wildman–Crippen LogP) is 0.899. The second kappa shape index (κ2) is 9.02. The minimum Gasteiger partial charge on any atom is -0.481 e. The van der Waals surface area contributed by atoms with Gasteiger partial charge >= 0.3 is 5.97 Å². The van der Waals surface area contributed by atoms with Crippen LogP contribution in [0, 0.1) is 0 Å². The van der Waals surface area contributed by atoms with Crippen LogP contribution in [0.5, 0.6) is 0 Å². The molecular formula is C17H22N2O5. The van der Waals surface area contributed by atoms with Crippen LogP contribution < -0.4 is 5.32 Å². The van der Waals surface area contributed by atoms with Crippen molar-refractivity contribution in [3.63, 3.8) is 0 Å². The van der Waals surface area contributed by atoms with E-state index < -0.39 is 12.0 Å². The van der Waals surface area contributed by atoms with E-state index in [2.05, 4.69) is 5.32 Å². The summed E-state index contributed by atoms with van der Waals surface area (Å²) in [6.45, 7) is 1.48. The Morgan fingerprint density at radius 1 is 1.25 bits per heavy atom. The molecule has 0 spiro atoms. The lowest BCUT2D eigenvalue weighted by atomic mass is 10.1. The topological polar surface area (TPSA) is 95.9 Å². The van der Waals surface area contributed by atoms with Crippen LogP contribution in [-0.4, -0.2) is 60.1 Å². The third-order valence-corrected chi connectivity index (χ3v) is 3.85. The fourth-order valence-corrected chi connectivity index (χ4v) is 2.63. The molecule has 130 valence electrons. The van der Waals surface area contributed by atoms with Gasteiger partial charge < -0.3 is 20.1 Å². The number of nitrogens with zero attached hydrogens (tertiary/aromatic N) is 1. The monoisotopic (exact) mass is 334 g/mol. The maximum Gasteiger partial charge on any atom is 0.305 e. The zero-order valence-electron chi connectivity index (χ0n) is 13.4. The van der Waals surface area contributed by atoms with Gasteiger partial charge in [0.05, 0.1) is 25.7 Å². The molecule has 1 aromatic carbocycles. The van der Waals surface area contributed by atoms with Crippen LogP contribution in [0.2, 0.25) is 0 Å². The van der Waals surface area contributed by atoms with E-state index in [1.807, 2.05) is 6.07 Å². The Bertz CT molecular complexity index is 576. The number of amides is 2. The Morgan fingerprint density at radius 2 is 2.00 bits per heavy atom. The lowest BCUT2D eigenvalue weighted by Crippen LogP contribution is -2.49. The molecule has 24 heavy (non-hydrogen) atoms. The SMILES string of the molecule is O=C(O)CC1COCCN1C(=O)CCCNC(=O)c1ccccc1. The maximum atomic E-state index is 12.3. The second-order valence-corrected chi connectivity index (χ2v) is 5.64. The van der Waals surface area contributed by atoms with Gasteiger partial charge in [-0.25, -0.2) is 0 Å². The van der Waals surface area contributed by atoms with Crippen LogP contribution in [0.1, 0.15) is 29.6 Å². The minimum atomic E-state index is -0.946. The van der Waals surface area contributed by atoms with Gasteiger partial charge in [0.15, 0.2) is 0 Å². The smallest absolute Gasteiger partial charge is 0.305 e. The summed E-state index contributed by atoms with van der Waals surface area (Å²) in [4.78, 5) is 36.6. The molecule has 1 heterocycles. The standard InChI is InChI=1S/C17H22N2O5/c20-15(19-9-10-24-12-14(19)11-16(21)22)7-4-8-18-17(23)13-5-2-1-3-6-13/h1-3,5-6,14H,4,7-12H2,(H,18,23)(H,21,22). The molecule has 7 heteroatoms. The largest absolute Gasteiger partial charge is 0.481 e. The van der Waals surface area contributed by atoms with Crippen molar-refractivity contribution in [3.8, 4) is 0 Å².